The molecule has 0 bridgehead atoms. The number of phenols is 3. The molecule has 10 aromatic rings. The molecular weight excluding hydrogens is 670 g/mol. The van der Waals surface area contributed by atoms with Gasteiger partial charge in [0.2, 0.25) is 0 Å². The predicted octanol–water partition coefficient (Wildman–Crippen LogP) is 8.33. The molecule has 0 aliphatic rings. The third kappa shape index (κ3) is 4.55. The first kappa shape index (κ1) is 31.3. The second kappa shape index (κ2) is 11.8. The van der Waals surface area contributed by atoms with Crippen molar-refractivity contribution >= 4 is 90.7 Å². The summed E-state index contributed by atoms with van der Waals surface area (Å²) in [6.45, 7) is 0. The molecule has 0 amide bonds. The largest absolute Gasteiger partial charge is 0.505 e. The van der Waals surface area contributed by atoms with Crippen molar-refractivity contribution in [2.24, 2.45) is 0 Å². The maximum absolute atomic E-state index is 10.8. The van der Waals surface area contributed by atoms with Crippen molar-refractivity contribution in [3.63, 3.8) is 0 Å². The van der Waals surface area contributed by atoms with Crippen LogP contribution < -0.4 is 10.9 Å². The predicted molar refractivity (Wildman–Crippen MR) is 227 cm³/mol. The highest BCUT2D eigenvalue weighted by Crippen LogP contribution is 2.48. The van der Waals surface area contributed by atoms with E-state index >= 15 is 0 Å². The van der Waals surface area contributed by atoms with Crippen molar-refractivity contribution in [1.82, 2.24) is 9.55 Å². The quantitative estimate of drug-likeness (QED) is 0.0981. The molecule has 0 fully saturated rings. The summed E-state index contributed by atoms with van der Waals surface area (Å²) in [5, 5.41) is 39.3. The first-order chi connectivity index (χ1) is 25.9. The molecule has 2 heterocycles. The second-order valence-corrected chi connectivity index (χ2v) is 14.7. The molecule has 0 saturated carbocycles. The summed E-state index contributed by atoms with van der Waals surface area (Å²) >= 11 is 1.84. The van der Waals surface area contributed by atoms with Gasteiger partial charge < -0.3 is 15.3 Å². The van der Waals surface area contributed by atoms with Gasteiger partial charge in [0.25, 0.3) is 0 Å². The summed E-state index contributed by atoms with van der Waals surface area (Å²) in [5.41, 5.74) is 8.73. The van der Waals surface area contributed by atoms with Gasteiger partial charge >= 0.3 is 0 Å². The van der Waals surface area contributed by atoms with Gasteiger partial charge in [-0.05, 0) is 91.1 Å². The molecule has 5 nitrogen and oxygen atoms in total. The van der Waals surface area contributed by atoms with Gasteiger partial charge in [-0.3, -0.25) is 4.57 Å². The first-order valence-electron chi connectivity index (χ1n) is 17.6. The third-order valence-corrected chi connectivity index (χ3v) is 11.8. The monoisotopic (exact) mass is 700 g/mol. The normalized spacial score (nSPS) is 11.8. The number of aromatic nitrogens is 2. The first-order valence-corrected chi connectivity index (χ1v) is 18.4. The minimum atomic E-state index is -0.526. The van der Waals surface area contributed by atoms with Crippen LogP contribution >= 0.6 is 11.3 Å². The van der Waals surface area contributed by atoms with Gasteiger partial charge in [-0.15, -0.1) is 11.3 Å². The van der Waals surface area contributed by atoms with Crippen molar-refractivity contribution in [2.45, 2.75) is 0 Å². The van der Waals surface area contributed by atoms with Crippen LogP contribution in [0.2, 0.25) is 0 Å². The Morgan fingerprint density at radius 1 is 0.491 bits per heavy atom. The number of fused-ring (bicyclic) bond motifs is 6. The highest BCUT2D eigenvalue weighted by molar-refractivity contribution is 7.26. The standard InChI is InChI=1S/C45H30B2N2O3S/c46-40-39(41(47)43(51)44(52)42(40)50)45-48-32-16-6-7-17-33(32)49(45)25-22-20-24(21-23-25)36-26-10-1-3-12-28(26)37(29-13-4-2-11-27(29)36)31-15-9-19-35-38(31)30-14-5-8-18-34(30)53-35/h1-23,50-52H,46-47H2. The van der Waals surface area contributed by atoms with E-state index in [1.165, 1.54) is 58.4 Å². The Morgan fingerprint density at radius 2 is 1.04 bits per heavy atom. The molecule has 3 N–H and O–H groups in total. The lowest BCUT2D eigenvalue weighted by Gasteiger charge is -2.19. The van der Waals surface area contributed by atoms with E-state index in [1.807, 2.05) is 35.6 Å². The Labute approximate surface area is 310 Å². The average Bonchev–Trinajstić information content (AvgIpc) is 3.77. The fraction of sp³-hybridized carbons (Fsp3) is 0. The molecule has 8 aromatic carbocycles. The summed E-state index contributed by atoms with van der Waals surface area (Å²) in [6.07, 6.45) is 0. The lowest BCUT2D eigenvalue weighted by atomic mass is 9.78. The van der Waals surface area contributed by atoms with Crippen LogP contribution in [-0.2, 0) is 0 Å². The Hall–Kier alpha value is -6.50. The average molecular weight is 700 g/mol. The van der Waals surface area contributed by atoms with Gasteiger partial charge in [0.05, 0.1) is 11.0 Å². The van der Waals surface area contributed by atoms with Crippen molar-refractivity contribution in [3.8, 4) is 56.6 Å². The zero-order chi connectivity index (χ0) is 36.0. The van der Waals surface area contributed by atoms with Crippen LogP contribution in [0.4, 0.5) is 0 Å². The molecule has 0 radical (unpaired) electrons. The topological polar surface area (TPSA) is 78.5 Å². The van der Waals surface area contributed by atoms with E-state index in [4.69, 9.17) is 4.98 Å². The minimum Gasteiger partial charge on any atom is -0.505 e. The molecule has 2 aromatic heterocycles. The molecule has 0 aliphatic carbocycles. The highest BCUT2D eigenvalue weighted by Gasteiger charge is 2.25. The fourth-order valence-corrected chi connectivity index (χ4v) is 9.40. The molecule has 0 spiro atoms. The Bertz CT molecular complexity index is 3040. The lowest BCUT2D eigenvalue weighted by molar-refractivity contribution is 0.372. The van der Waals surface area contributed by atoms with E-state index in [2.05, 4.69) is 120 Å². The van der Waals surface area contributed by atoms with Crippen LogP contribution in [0, 0.1) is 0 Å². The summed E-state index contributed by atoms with van der Waals surface area (Å²) in [6, 6.07) is 49.3. The summed E-state index contributed by atoms with van der Waals surface area (Å²) in [7, 11) is 3.45. The van der Waals surface area contributed by atoms with Gasteiger partial charge in [0.1, 0.15) is 21.5 Å². The van der Waals surface area contributed by atoms with E-state index in [9.17, 15) is 15.3 Å². The molecule has 250 valence electrons. The van der Waals surface area contributed by atoms with Crippen LogP contribution in [-0.4, -0.2) is 40.6 Å². The number of phenolic OH excluding ortho intramolecular Hbond substituents is 3. The van der Waals surface area contributed by atoms with Gasteiger partial charge in [-0.1, -0.05) is 103 Å². The van der Waals surface area contributed by atoms with Crippen LogP contribution in [0.15, 0.2) is 140 Å². The Morgan fingerprint density at radius 3 is 1.70 bits per heavy atom. The summed E-state index contributed by atoms with van der Waals surface area (Å²) in [5.74, 6) is -0.679. The number of hydrogen-bond acceptors (Lipinski definition) is 5. The maximum Gasteiger partial charge on any atom is 0.199 e. The van der Waals surface area contributed by atoms with E-state index in [0.717, 1.165) is 22.3 Å². The smallest absolute Gasteiger partial charge is 0.199 e. The van der Waals surface area contributed by atoms with Crippen molar-refractivity contribution in [2.75, 3.05) is 0 Å². The third-order valence-electron chi connectivity index (χ3n) is 10.7. The number of imidazole rings is 1. The number of rotatable bonds is 4. The van der Waals surface area contributed by atoms with Crippen LogP contribution in [0.25, 0.3) is 92.1 Å². The van der Waals surface area contributed by atoms with Crippen molar-refractivity contribution in [3.05, 3.63) is 140 Å². The van der Waals surface area contributed by atoms with E-state index in [-0.39, 0.29) is 11.5 Å². The molecule has 0 saturated heterocycles. The van der Waals surface area contributed by atoms with Crippen molar-refractivity contribution in [1.29, 1.82) is 0 Å². The molecule has 53 heavy (non-hydrogen) atoms. The van der Waals surface area contributed by atoms with E-state index in [1.54, 1.807) is 15.7 Å². The van der Waals surface area contributed by atoms with Gasteiger partial charge in [0, 0.05) is 31.4 Å². The lowest BCUT2D eigenvalue weighted by Crippen LogP contribution is -2.22. The van der Waals surface area contributed by atoms with Gasteiger partial charge in [0.15, 0.2) is 17.2 Å². The number of aromatic hydroxyl groups is 3. The number of benzene rings is 8. The summed E-state index contributed by atoms with van der Waals surface area (Å²) in [4.78, 5) is 4.99. The molecule has 10 rings (SSSR count). The number of para-hydroxylation sites is 2. The van der Waals surface area contributed by atoms with E-state index in [0.29, 0.717) is 22.3 Å². The zero-order valence-electron chi connectivity index (χ0n) is 28.9. The fourth-order valence-electron chi connectivity index (χ4n) is 8.27. The Kier molecular flexibility index (Phi) is 6.94. The zero-order valence-corrected chi connectivity index (χ0v) is 29.7. The van der Waals surface area contributed by atoms with Crippen LogP contribution in [0.1, 0.15) is 0 Å². The highest BCUT2D eigenvalue weighted by atomic mass is 32.1. The van der Waals surface area contributed by atoms with Gasteiger partial charge in [-0.2, -0.15) is 0 Å². The Balaban J connectivity index is 1.20. The molecular formula is C45H30B2N2O3S. The van der Waals surface area contributed by atoms with Crippen molar-refractivity contribution < 1.29 is 15.3 Å². The maximum atomic E-state index is 10.8. The number of nitrogens with zero attached hydrogens (tertiary/aromatic N) is 2. The summed E-state index contributed by atoms with van der Waals surface area (Å²) < 4.78 is 4.62. The van der Waals surface area contributed by atoms with E-state index < -0.39 is 5.75 Å². The number of hydrogen-bond donors (Lipinski definition) is 3. The molecule has 0 aliphatic heterocycles. The SMILES string of the molecule is Bc1c(O)c(O)c(O)c(B)c1-c1nc2ccccc2n1-c1ccc(-c2c3ccccc3c(-c3cccc4sc5ccccc5c34)c3ccccc23)cc1. The second-order valence-electron chi connectivity index (χ2n) is 13.6. The van der Waals surface area contributed by atoms with Gasteiger partial charge in [-0.25, -0.2) is 4.98 Å². The molecule has 0 atom stereocenters. The minimum absolute atomic E-state index is 0.359. The molecule has 0 unspecified atom stereocenters. The number of thiophene rings is 1. The van der Waals surface area contributed by atoms with Crippen LogP contribution in [0.5, 0.6) is 17.2 Å². The molecule has 8 heteroatoms. The van der Waals surface area contributed by atoms with Crippen LogP contribution in [0.3, 0.4) is 0 Å².